The van der Waals surface area contributed by atoms with Crippen molar-refractivity contribution in [2.45, 2.75) is 41.7 Å². The second-order valence-corrected chi connectivity index (χ2v) is 11.9. The Morgan fingerprint density at radius 1 is 0.811 bits per heavy atom. The van der Waals surface area contributed by atoms with E-state index < -0.39 is 103 Å². The first-order chi connectivity index (χ1) is 16.0. The molecule has 0 bridgehead atoms. The number of aliphatic hydroxyl groups excluding tert-OH is 2. The van der Waals surface area contributed by atoms with E-state index in [-0.39, 0.29) is 6.54 Å². The first-order valence-electron chi connectivity index (χ1n) is 9.65. The summed E-state index contributed by atoms with van der Waals surface area (Å²) >= 11 is 0. The predicted molar refractivity (Wildman–Crippen MR) is 102 cm³/mol. The van der Waals surface area contributed by atoms with E-state index in [0.29, 0.717) is 0 Å². The number of hydrogen-bond donors (Lipinski definition) is 3. The van der Waals surface area contributed by atoms with Crippen LogP contribution in [0.25, 0.3) is 0 Å². The lowest BCUT2D eigenvalue weighted by molar-refractivity contribution is -0.893. The highest BCUT2D eigenvalue weighted by Gasteiger charge is 2.89. The Balaban J connectivity index is 5.98. The Bertz CT molecular complexity index is 987. The van der Waals surface area contributed by atoms with Crippen molar-refractivity contribution in [2.75, 3.05) is 52.6 Å². The molecule has 22 heteroatoms. The summed E-state index contributed by atoms with van der Waals surface area (Å²) in [6.07, 6.45) is -9.84. The Morgan fingerprint density at radius 3 is 1.65 bits per heavy atom. The van der Waals surface area contributed by atoms with E-state index in [4.69, 9.17) is 9.66 Å². The van der Waals surface area contributed by atoms with Gasteiger partial charge in [0, 0.05) is 19.5 Å². The zero-order valence-electron chi connectivity index (χ0n) is 18.9. The Morgan fingerprint density at radius 2 is 1.27 bits per heavy atom. The zero-order chi connectivity index (χ0) is 30.1. The molecule has 0 radical (unpaired) electrons. The molecule has 0 amide bonds. The maximum atomic E-state index is 14.2. The van der Waals surface area contributed by atoms with Crippen molar-refractivity contribution in [3.63, 3.8) is 0 Å². The van der Waals surface area contributed by atoms with Crippen LogP contribution >= 0.6 is 0 Å². The van der Waals surface area contributed by atoms with Gasteiger partial charge >= 0.3 is 29.2 Å². The smallest absolute Gasteiger partial charge is 0.395 e. The molecule has 9 nitrogen and oxygen atoms in total. The highest BCUT2D eigenvalue weighted by atomic mass is 32.2. The molecule has 0 heterocycles. The van der Waals surface area contributed by atoms with Crippen LogP contribution in [0.2, 0.25) is 0 Å². The van der Waals surface area contributed by atoms with Gasteiger partial charge in [0.05, 0.1) is 27.2 Å². The number of alkyl halides is 11. The maximum Gasteiger partial charge on any atom is 0.460 e. The van der Waals surface area contributed by atoms with Crippen LogP contribution in [0, 0.1) is 0 Å². The molecule has 0 aromatic heterocycles. The second kappa shape index (κ2) is 11.2. The van der Waals surface area contributed by atoms with Crippen molar-refractivity contribution < 1.29 is 84.4 Å². The van der Waals surface area contributed by atoms with Crippen LogP contribution in [0.15, 0.2) is 0 Å². The minimum Gasteiger partial charge on any atom is -0.395 e. The molecule has 37 heavy (non-hydrogen) atoms. The standard InChI is InChI=1S/C15H23F11N2O7S2/c1-28(2,8-10(30)9-36(31,32)33)6-3-4-27(5-7-29)37(34,35)15(25,26)13(20,21)11(16,17)12(18,19)14(22,23)24/h10,29-30H,3-9H2,1-2H3/p+1. The normalized spacial score (nSPS) is 16.4. The quantitative estimate of drug-likeness (QED) is 0.144. The topological polar surface area (TPSA) is 132 Å². The molecular formula is C15H24F11N2O7S2+. The Labute approximate surface area is 203 Å². The van der Waals surface area contributed by atoms with Gasteiger partial charge in [-0.2, -0.15) is 61.0 Å². The summed E-state index contributed by atoms with van der Waals surface area (Å²) in [5.41, 5.74) is 0. The van der Waals surface area contributed by atoms with E-state index >= 15 is 0 Å². The summed E-state index contributed by atoms with van der Waals surface area (Å²) in [6, 6.07) is 0. The van der Waals surface area contributed by atoms with Crippen molar-refractivity contribution >= 4 is 20.1 Å². The van der Waals surface area contributed by atoms with E-state index in [1.807, 2.05) is 0 Å². The van der Waals surface area contributed by atoms with E-state index in [0.717, 1.165) is 0 Å². The number of aliphatic hydroxyl groups is 2. The minimum absolute atomic E-state index is 0.385. The molecule has 0 aliphatic carbocycles. The Hall–Kier alpha value is -1.07. The summed E-state index contributed by atoms with van der Waals surface area (Å²) < 4.78 is 199. The van der Waals surface area contributed by atoms with Gasteiger partial charge < -0.3 is 14.7 Å². The zero-order valence-corrected chi connectivity index (χ0v) is 20.5. The number of sulfonamides is 1. The van der Waals surface area contributed by atoms with Crippen molar-refractivity contribution in [1.29, 1.82) is 0 Å². The van der Waals surface area contributed by atoms with Gasteiger partial charge in [-0.25, -0.2) is 8.42 Å². The van der Waals surface area contributed by atoms with Gasteiger partial charge in [0.1, 0.15) is 18.4 Å². The number of likely N-dealkylation sites (N-methyl/N-ethyl adjacent to an activating group) is 1. The number of hydrogen-bond acceptors (Lipinski definition) is 6. The lowest BCUT2D eigenvalue weighted by atomic mass is 10.0. The van der Waals surface area contributed by atoms with Crippen molar-refractivity contribution in [3.05, 3.63) is 0 Å². The van der Waals surface area contributed by atoms with Crippen LogP contribution < -0.4 is 0 Å². The summed E-state index contributed by atoms with van der Waals surface area (Å²) in [6.45, 7) is -5.04. The highest BCUT2D eigenvalue weighted by Crippen LogP contribution is 2.58. The van der Waals surface area contributed by atoms with Crippen LogP contribution in [0.3, 0.4) is 0 Å². The fourth-order valence-corrected chi connectivity index (χ4v) is 5.04. The average Bonchev–Trinajstić information content (AvgIpc) is 2.63. The van der Waals surface area contributed by atoms with E-state index in [1.54, 1.807) is 0 Å². The van der Waals surface area contributed by atoms with Crippen LogP contribution in [-0.2, 0) is 20.1 Å². The molecule has 0 spiro atoms. The molecule has 0 aromatic carbocycles. The van der Waals surface area contributed by atoms with Gasteiger partial charge in [0.2, 0.25) is 0 Å². The molecule has 224 valence electrons. The van der Waals surface area contributed by atoms with E-state index in [9.17, 15) is 70.2 Å². The third-order valence-corrected chi connectivity index (χ3v) is 7.56. The summed E-state index contributed by atoms with van der Waals surface area (Å²) in [7, 11) is -9.27. The van der Waals surface area contributed by atoms with Gasteiger partial charge in [0.15, 0.2) is 0 Å². The third-order valence-electron chi connectivity index (χ3n) is 4.80. The lowest BCUT2D eigenvalue weighted by Crippen LogP contribution is -2.69. The molecule has 0 aliphatic rings. The molecule has 0 rings (SSSR count). The van der Waals surface area contributed by atoms with Crippen LogP contribution in [0.1, 0.15) is 6.42 Å². The molecule has 3 N–H and O–H groups in total. The van der Waals surface area contributed by atoms with Gasteiger partial charge in [-0.1, -0.05) is 0 Å². The first-order valence-corrected chi connectivity index (χ1v) is 12.7. The lowest BCUT2D eigenvalue weighted by Gasteiger charge is -2.38. The van der Waals surface area contributed by atoms with E-state index in [2.05, 4.69) is 0 Å². The minimum atomic E-state index is -7.94. The molecule has 0 aromatic rings. The number of rotatable bonds is 15. The fraction of sp³-hybridized carbons (Fsp3) is 1.00. The van der Waals surface area contributed by atoms with Crippen LogP contribution in [0.4, 0.5) is 48.3 Å². The molecule has 0 saturated heterocycles. The fourth-order valence-electron chi connectivity index (χ4n) is 2.98. The highest BCUT2D eigenvalue weighted by molar-refractivity contribution is 7.90. The summed E-state index contributed by atoms with van der Waals surface area (Å²) in [5.74, 6) is -24.7. The van der Waals surface area contributed by atoms with Gasteiger partial charge in [-0.15, -0.1) is 0 Å². The molecule has 0 saturated carbocycles. The largest absolute Gasteiger partial charge is 0.460 e. The molecule has 0 fully saturated rings. The van der Waals surface area contributed by atoms with E-state index in [1.165, 1.54) is 14.1 Å². The molecule has 1 atom stereocenters. The molecule has 0 aliphatic heterocycles. The number of quaternary nitrogens is 1. The predicted octanol–water partition coefficient (Wildman–Crippen LogP) is 1.39. The van der Waals surface area contributed by atoms with Crippen molar-refractivity contribution in [2.24, 2.45) is 0 Å². The summed E-state index contributed by atoms with van der Waals surface area (Å²) in [5, 5.41) is 11.3. The van der Waals surface area contributed by atoms with Gasteiger partial charge in [-0.3, -0.25) is 4.55 Å². The summed E-state index contributed by atoms with van der Waals surface area (Å²) in [4.78, 5) is 0. The van der Waals surface area contributed by atoms with Crippen molar-refractivity contribution in [3.8, 4) is 0 Å². The van der Waals surface area contributed by atoms with Gasteiger partial charge in [-0.05, 0) is 0 Å². The average molecular weight is 617 g/mol. The molecular weight excluding hydrogens is 593 g/mol. The third kappa shape index (κ3) is 7.75. The number of halogens is 11. The first kappa shape index (κ1) is 35.9. The van der Waals surface area contributed by atoms with Crippen LogP contribution in [-0.4, -0.2) is 128 Å². The number of nitrogens with zero attached hydrogens (tertiary/aromatic N) is 2. The van der Waals surface area contributed by atoms with Crippen molar-refractivity contribution in [1.82, 2.24) is 4.31 Å². The monoisotopic (exact) mass is 617 g/mol. The van der Waals surface area contributed by atoms with Crippen LogP contribution in [0.5, 0.6) is 0 Å². The Kier molecular flexibility index (Phi) is 10.9. The second-order valence-electron chi connectivity index (χ2n) is 8.46. The van der Waals surface area contributed by atoms with Gasteiger partial charge in [0.25, 0.3) is 20.1 Å². The maximum absolute atomic E-state index is 14.2. The molecule has 1 unspecified atom stereocenters. The SMILES string of the molecule is C[N+](C)(CCCN(CCO)S(=O)(=O)C(F)(F)C(F)(F)C(F)(F)C(F)(F)C(F)(F)F)CC(O)CS(=O)(=O)O.